The Morgan fingerprint density at radius 3 is 2.80 bits per heavy atom. The Bertz CT molecular complexity index is 428. The molecule has 6 nitrogen and oxygen atoms in total. The predicted molar refractivity (Wildman–Crippen MR) is 53.6 cm³/mol. The van der Waals surface area contributed by atoms with Crippen molar-refractivity contribution in [3.63, 3.8) is 0 Å². The number of hydrogen-bond donors (Lipinski definition) is 2. The molecule has 6 heteroatoms. The smallest absolute Gasteiger partial charge is 0.312 e. The van der Waals surface area contributed by atoms with Crippen LogP contribution in [-0.2, 0) is 4.79 Å². The highest BCUT2D eigenvalue weighted by molar-refractivity contribution is 5.99. The van der Waals surface area contributed by atoms with Crippen LogP contribution in [0.25, 0.3) is 0 Å². The fraction of sp³-hybridized carbons (Fsp3) is 0. The summed E-state index contributed by atoms with van der Waals surface area (Å²) in [6.07, 6.45) is 1.04. The van der Waals surface area contributed by atoms with Gasteiger partial charge in [-0.05, 0) is 18.2 Å². The maximum Gasteiger partial charge on any atom is 0.312 e. The fourth-order valence-corrected chi connectivity index (χ4v) is 0.941. The number of rotatable bonds is 3. The number of carbonyl (C=O) groups is 1. The zero-order chi connectivity index (χ0) is 11.4. The van der Waals surface area contributed by atoms with E-state index in [0.717, 1.165) is 18.2 Å². The SMILES string of the molecule is C=CC(=O)Nc1ccc(O)c([N+](=O)[O-])c1. The summed E-state index contributed by atoms with van der Waals surface area (Å²) in [4.78, 5) is 20.6. The molecular weight excluding hydrogens is 200 g/mol. The zero-order valence-corrected chi connectivity index (χ0v) is 7.64. The molecule has 0 unspecified atom stereocenters. The first-order valence-corrected chi connectivity index (χ1v) is 3.95. The molecular formula is C9H8N2O4. The van der Waals surface area contributed by atoms with E-state index >= 15 is 0 Å². The normalized spacial score (nSPS) is 9.33. The molecule has 0 heterocycles. The molecule has 0 aromatic heterocycles. The Kier molecular flexibility index (Phi) is 3.02. The maximum absolute atomic E-state index is 10.9. The molecule has 0 saturated heterocycles. The van der Waals surface area contributed by atoms with Crippen LogP contribution in [0, 0.1) is 10.1 Å². The maximum atomic E-state index is 10.9. The van der Waals surface area contributed by atoms with Crippen LogP contribution in [0.1, 0.15) is 0 Å². The number of anilines is 1. The van der Waals surface area contributed by atoms with Gasteiger partial charge in [0.05, 0.1) is 4.92 Å². The van der Waals surface area contributed by atoms with Crippen molar-refractivity contribution in [3.05, 3.63) is 41.0 Å². The summed E-state index contributed by atoms with van der Waals surface area (Å²) >= 11 is 0. The molecule has 1 aromatic rings. The number of amides is 1. The van der Waals surface area contributed by atoms with E-state index < -0.39 is 22.3 Å². The number of hydrogen-bond acceptors (Lipinski definition) is 4. The lowest BCUT2D eigenvalue weighted by Gasteiger charge is -2.02. The standard InChI is InChI=1S/C9H8N2O4/c1-2-9(13)10-6-3-4-8(12)7(5-6)11(14)15/h2-5,12H,1H2,(H,10,13). The lowest BCUT2D eigenvalue weighted by atomic mass is 10.2. The van der Waals surface area contributed by atoms with Gasteiger partial charge in [-0.15, -0.1) is 0 Å². The summed E-state index contributed by atoms with van der Waals surface area (Å²) in [5.41, 5.74) is -0.235. The third kappa shape index (κ3) is 2.53. The van der Waals surface area contributed by atoms with E-state index in [4.69, 9.17) is 5.11 Å². The first-order chi connectivity index (χ1) is 7.04. The Morgan fingerprint density at radius 2 is 2.27 bits per heavy atom. The van der Waals surface area contributed by atoms with Crippen molar-refractivity contribution in [2.75, 3.05) is 5.32 Å². The molecule has 0 radical (unpaired) electrons. The van der Waals surface area contributed by atoms with Crippen LogP contribution in [0.3, 0.4) is 0 Å². The molecule has 0 fully saturated rings. The van der Waals surface area contributed by atoms with E-state index in [1.54, 1.807) is 0 Å². The summed E-state index contributed by atoms with van der Waals surface area (Å²) in [5.74, 6) is -0.924. The van der Waals surface area contributed by atoms with Gasteiger partial charge in [0.1, 0.15) is 0 Å². The third-order valence-corrected chi connectivity index (χ3v) is 1.63. The quantitative estimate of drug-likeness (QED) is 0.340. The molecule has 15 heavy (non-hydrogen) atoms. The van der Waals surface area contributed by atoms with Gasteiger partial charge in [0.2, 0.25) is 5.91 Å². The number of benzene rings is 1. The number of nitrogens with one attached hydrogen (secondary N) is 1. The summed E-state index contributed by atoms with van der Waals surface area (Å²) in [5, 5.41) is 21.9. The van der Waals surface area contributed by atoms with Gasteiger partial charge >= 0.3 is 5.69 Å². The first-order valence-electron chi connectivity index (χ1n) is 3.95. The van der Waals surface area contributed by atoms with Crippen LogP contribution in [0.2, 0.25) is 0 Å². The highest BCUT2D eigenvalue weighted by Gasteiger charge is 2.13. The third-order valence-electron chi connectivity index (χ3n) is 1.63. The Hall–Kier alpha value is -2.37. The van der Waals surface area contributed by atoms with Gasteiger partial charge in [-0.3, -0.25) is 14.9 Å². The minimum atomic E-state index is -0.737. The van der Waals surface area contributed by atoms with Crippen LogP contribution >= 0.6 is 0 Å². The topological polar surface area (TPSA) is 92.5 Å². The van der Waals surface area contributed by atoms with Gasteiger partial charge in [-0.2, -0.15) is 0 Å². The molecule has 0 atom stereocenters. The monoisotopic (exact) mass is 208 g/mol. The Labute approximate surface area is 85.0 Å². The summed E-state index contributed by atoms with van der Waals surface area (Å²) in [6, 6.07) is 3.55. The number of nitro groups is 1. The van der Waals surface area contributed by atoms with Gasteiger partial charge < -0.3 is 10.4 Å². The molecule has 2 N–H and O–H groups in total. The highest BCUT2D eigenvalue weighted by atomic mass is 16.6. The largest absolute Gasteiger partial charge is 0.502 e. The number of phenolic OH excluding ortho intramolecular Hbond substituents is 1. The molecule has 1 rings (SSSR count). The van der Waals surface area contributed by atoms with Gasteiger partial charge in [-0.25, -0.2) is 0 Å². The number of carbonyl (C=O) groups excluding carboxylic acids is 1. The summed E-state index contributed by atoms with van der Waals surface area (Å²) in [6.45, 7) is 3.24. The van der Waals surface area contributed by atoms with E-state index in [1.165, 1.54) is 6.07 Å². The second-order valence-electron chi connectivity index (χ2n) is 2.65. The molecule has 0 aliphatic rings. The van der Waals surface area contributed by atoms with E-state index in [0.29, 0.717) is 0 Å². The average Bonchev–Trinajstić information content (AvgIpc) is 2.20. The minimum absolute atomic E-state index is 0.226. The molecule has 0 bridgehead atoms. The van der Waals surface area contributed by atoms with Crippen molar-refractivity contribution in [2.45, 2.75) is 0 Å². The van der Waals surface area contributed by atoms with Crippen LogP contribution in [0.15, 0.2) is 30.9 Å². The van der Waals surface area contributed by atoms with Crippen LogP contribution < -0.4 is 5.32 Å². The van der Waals surface area contributed by atoms with Crippen molar-refractivity contribution in [3.8, 4) is 5.75 Å². The Balaban J connectivity index is 3.02. The summed E-state index contributed by atoms with van der Waals surface area (Å²) < 4.78 is 0. The molecule has 0 saturated carbocycles. The van der Waals surface area contributed by atoms with E-state index in [-0.39, 0.29) is 5.69 Å². The Morgan fingerprint density at radius 1 is 1.60 bits per heavy atom. The highest BCUT2D eigenvalue weighted by Crippen LogP contribution is 2.28. The second-order valence-corrected chi connectivity index (χ2v) is 2.65. The van der Waals surface area contributed by atoms with Crippen molar-refractivity contribution < 1.29 is 14.8 Å². The number of nitrogens with zero attached hydrogens (tertiary/aromatic N) is 1. The van der Waals surface area contributed by atoms with Gasteiger partial charge in [0.15, 0.2) is 5.75 Å². The molecule has 1 amide bonds. The minimum Gasteiger partial charge on any atom is -0.502 e. The molecule has 1 aromatic carbocycles. The van der Waals surface area contributed by atoms with Crippen molar-refractivity contribution >= 4 is 17.3 Å². The second kappa shape index (κ2) is 4.23. The van der Waals surface area contributed by atoms with E-state index in [1.807, 2.05) is 0 Å². The van der Waals surface area contributed by atoms with Crippen molar-refractivity contribution in [2.24, 2.45) is 0 Å². The van der Waals surface area contributed by atoms with Gasteiger partial charge in [0.25, 0.3) is 0 Å². The van der Waals surface area contributed by atoms with Crippen LogP contribution in [0.5, 0.6) is 5.75 Å². The van der Waals surface area contributed by atoms with Crippen LogP contribution in [-0.4, -0.2) is 15.9 Å². The van der Waals surface area contributed by atoms with Crippen molar-refractivity contribution in [1.82, 2.24) is 0 Å². The molecule has 0 aliphatic carbocycles. The lowest BCUT2D eigenvalue weighted by Crippen LogP contribution is -2.07. The molecule has 78 valence electrons. The lowest BCUT2D eigenvalue weighted by molar-refractivity contribution is -0.385. The average molecular weight is 208 g/mol. The zero-order valence-electron chi connectivity index (χ0n) is 7.64. The molecule has 0 spiro atoms. The number of phenols is 1. The first kappa shape index (κ1) is 10.7. The van der Waals surface area contributed by atoms with Crippen molar-refractivity contribution in [1.29, 1.82) is 0 Å². The van der Waals surface area contributed by atoms with Gasteiger partial charge in [0, 0.05) is 11.8 Å². The number of aromatic hydroxyl groups is 1. The molecule has 0 aliphatic heterocycles. The van der Waals surface area contributed by atoms with Crippen LogP contribution in [0.4, 0.5) is 11.4 Å². The number of nitro benzene ring substituents is 1. The van der Waals surface area contributed by atoms with E-state index in [2.05, 4.69) is 11.9 Å². The summed E-state index contributed by atoms with van der Waals surface area (Å²) in [7, 11) is 0. The van der Waals surface area contributed by atoms with Gasteiger partial charge in [-0.1, -0.05) is 6.58 Å². The fourth-order valence-electron chi connectivity index (χ4n) is 0.941. The predicted octanol–water partition coefficient (Wildman–Crippen LogP) is 1.42. The van der Waals surface area contributed by atoms with E-state index in [9.17, 15) is 14.9 Å².